The van der Waals surface area contributed by atoms with Gasteiger partial charge in [-0.05, 0) is 73.7 Å². The molecule has 4 bridgehead atoms. The number of hydrogen-bond acceptors (Lipinski definition) is 2. The van der Waals surface area contributed by atoms with E-state index in [1.807, 2.05) is 17.9 Å². The molecule has 0 aromatic carbocycles. The SMILES string of the molecule is Cn1cc(CC(N)C2C3CC4CC(C3)CC2C4)cn1. The fraction of sp³-hybridized carbons (Fsp3) is 0.812. The molecule has 1 atom stereocenters. The van der Waals surface area contributed by atoms with Crippen LogP contribution in [0.5, 0.6) is 0 Å². The van der Waals surface area contributed by atoms with Gasteiger partial charge in [-0.15, -0.1) is 0 Å². The number of aryl methyl sites for hydroxylation is 1. The largest absolute Gasteiger partial charge is 0.327 e. The highest BCUT2D eigenvalue weighted by Crippen LogP contribution is 2.57. The van der Waals surface area contributed by atoms with Gasteiger partial charge in [-0.3, -0.25) is 4.68 Å². The molecule has 5 rings (SSSR count). The van der Waals surface area contributed by atoms with Crippen LogP contribution in [0.15, 0.2) is 12.4 Å². The zero-order valence-electron chi connectivity index (χ0n) is 11.8. The van der Waals surface area contributed by atoms with E-state index in [0.29, 0.717) is 6.04 Å². The van der Waals surface area contributed by atoms with Gasteiger partial charge in [0, 0.05) is 19.3 Å². The van der Waals surface area contributed by atoms with Crippen molar-refractivity contribution >= 4 is 0 Å². The summed E-state index contributed by atoms with van der Waals surface area (Å²) in [4.78, 5) is 0. The van der Waals surface area contributed by atoms with Gasteiger partial charge < -0.3 is 5.73 Å². The summed E-state index contributed by atoms with van der Waals surface area (Å²) in [5.74, 6) is 4.74. The average Bonchev–Trinajstić information content (AvgIpc) is 2.73. The molecule has 104 valence electrons. The number of nitrogens with two attached hydrogens (primary N) is 1. The van der Waals surface area contributed by atoms with E-state index in [1.165, 1.54) is 37.7 Å². The molecule has 0 aliphatic heterocycles. The second-order valence-electron chi connectivity index (χ2n) is 7.40. The molecule has 0 spiro atoms. The summed E-state index contributed by atoms with van der Waals surface area (Å²) in [7, 11) is 1.98. The highest BCUT2D eigenvalue weighted by atomic mass is 15.2. The summed E-state index contributed by atoms with van der Waals surface area (Å²) >= 11 is 0. The quantitative estimate of drug-likeness (QED) is 0.905. The first-order valence-electron chi connectivity index (χ1n) is 7.92. The zero-order chi connectivity index (χ0) is 13.0. The van der Waals surface area contributed by atoms with Gasteiger partial charge in [0.2, 0.25) is 0 Å². The summed E-state index contributed by atoms with van der Waals surface area (Å²) in [6.45, 7) is 0. The Morgan fingerprint density at radius 3 is 2.37 bits per heavy atom. The summed E-state index contributed by atoms with van der Waals surface area (Å²) in [6.07, 6.45) is 12.5. The predicted octanol–water partition coefficient (Wildman–Crippen LogP) is 2.36. The molecule has 1 aromatic rings. The normalized spacial score (nSPS) is 41.7. The van der Waals surface area contributed by atoms with E-state index in [-0.39, 0.29) is 0 Å². The third-order valence-corrected chi connectivity index (χ3v) is 6.02. The van der Waals surface area contributed by atoms with Gasteiger partial charge in [0.25, 0.3) is 0 Å². The standard InChI is InChI=1S/C16H25N3/c1-19-9-12(8-18-19)7-15(17)16-13-3-10-2-11(5-13)6-14(16)4-10/h8-11,13-16H,2-7,17H2,1H3. The van der Waals surface area contributed by atoms with Crippen molar-refractivity contribution in [2.75, 3.05) is 0 Å². The van der Waals surface area contributed by atoms with Crippen molar-refractivity contribution in [3.63, 3.8) is 0 Å². The van der Waals surface area contributed by atoms with Crippen molar-refractivity contribution < 1.29 is 0 Å². The van der Waals surface area contributed by atoms with E-state index < -0.39 is 0 Å². The zero-order valence-corrected chi connectivity index (χ0v) is 11.8. The van der Waals surface area contributed by atoms with Crippen LogP contribution in [0, 0.1) is 29.6 Å². The van der Waals surface area contributed by atoms with Gasteiger partial charge >= 0.3 is 0 Å². The first-order valence-corrected chi connectivity index (χ1v) is 7.92. The minimum absolute atomic E-state index is 0.346. The van der Waals surface area contributed by atoms with Crippen LogP contribution in [0.25, 0.3) is 0 Å². The van der Waals surface area contributed by atoms with Gasteiger partial charge in [-0.1, -0.05) is 0 Å². The van der Waals surface area contributed by atoms with Crippen LogP contribution in [-0.4, -0.2) is 15.8 Å². The number of rotatable bonds is 3. The fourth-order valence-electron chi connectivity index (χ4n) is 5.65. The Morgan fingerprint density at radius 2 is 1.84 bits per heavy atom. The number of hydrogen-bond donors (Lipinski definition) is 1. The molecule has 1 aromatic heterocycles. The minimum atomic E-state index is 0.346. The third-order valence-electron chi connectivity index (χ3n) is 6.02. The van der Waals surface area contributed by atoms with Crippen LogP contribution in [0.3, 0.4) is 0 Å². The van der Waals surface area contributed by atoms with E-state index in [2.05, 4.69) is 11.3 Å². The summed E-state index contributed by atoms with van der Waals surface area (Å²) < 4.78 is 1.89. The van der Waals surface area contributed by atoms with Crippen molar-refractivity contribution in [3.05, 3.63) is 18.0 Å². The Kier molecular flexibility index (Phi) is 2.73. The van der Waals surface area contributed by atoms with Crippen LogP contribution in [0.2, 0.25) is 0 Å². The van der Waals surface area contributed by atoms with Gasteiger partial charge in [0.05, 0.1) is 6.20 Å². The molecule has 1 heterocycles. The lowest BCUT2D eigenvalue weighted by molar-refractivity contribution is -0.0464. The maximum absolute atomic E-state index is 6.60. The molecular formula is C16H25N3. The Balaban J connectivity index is 1.49. The lowest BCUT2D eigenvalue weighted by atomic mass is 9.50. The molecule has 3 heteroatoms. The van der Waals surface area contributed by atoms with Crippen LogP contribution < -0.4 is 5.73 Å². The van der Waals surface area contributed by atoms with Crippen molar-refractivity contribution in [2.45, 2.75) is 44.6 Å². The third kappa shape index (κ3) is 2.03. The molecule has 0 amide bonds. The Hall–Kier alpha value is -0.830. The van der Waals surface area contributed by atoms with Crippen molar-refractivity contribution in [3.8, 4) is 0 Å². The Labute approximate surface area is 115 Å². The number of nitrogens with zero attached hydrogens (tertiary/aromatic N) is 2. The fourth-order valence-corrected chi connectivity index (χ4v) is 5.65. The predicted molar refractivity (Wildman–Crippen MR) is 75.4 cm³/mol. The Morgan fingerprint density at radius 1 is 1.21 bits per heavy atom. The van der Waals surface area contributed by atoms with Crippen molar-refractivity contribution in [1.29, 1.82) is 0 Å². The van der Waals surface area contributed by atoms with Crippen LogP contribution in [-0.2, 0) is 13.5 Å². The second-order valence-corrected chi connectivity index (χ2v) is 7.40. The minimum Gasteiger partial charge on any atom is -0.327 e. The summed E-state index contributed by atoms with van der Waals surface area (Å²) in [6, 6.07) is 0.346. The summed E-state index contributed by atoms with van der Waals surface area (Å²) in [5.41, 5.74) is 7.91. The highest BCUT2D eigenvalue weighted by Gasteiger charge is 2.49. The number of aromatic nitrogens is 2. The van der Waals surface area contributed by atoms with Crippen LogP contribution in [0.1, 0.15) is 37.7 Å². The molecule has 4 aliphatic carbocycles. The maximum Gasteiger partial charge on any atom is 0.0522 e. The van der Waals surface area contributed by atoms with Gasteiger partial charge in [0.1, 0.15) is 0 Å². The first-order chi connectivity index (χ1) is 9.19. The topological polar surface area (TPSA) is 43.8 Å². The average molecular weight is 259 g/mol. The van der Waals surface area contributed by atoms with Gasteiger partial charge in [-0.2, -0.15) is 5.10 Å². The van der Waals surface area contributed by atoms with Crippen molar-refractivity contribution in [1.82, 2.24) is 9.78 Å². The molecule has 0 saturated heterocycles. The van der Waals surface area contributed by atoms with E-state index in [4.69, 9.17) is 5.73 Å². The van der Waals surface area contributed by atoms with Crippen LogP contribution >= 0.6 is 0 Å². The van der Waals surface area contributed by atoms with Crippen LogP contribution in [0.4, 0.5) is 0 Å². The van der Waals surface area contributed by atoms with Crippen molar-refractivity contribution in [2.24, 2.45) is 42.4 Å². The molecule has 4 fully saturated rings. The van der Waals surface area contributed by atoms with Gasteiger partial charge in [-0.25, -0.2) is 0 Å². The monoisotopic (exact) mass is 259 g/mol. The van der Waals surface area contributed by atoms with E-state index in [0.717, 1.165) is 36.0 Å². The smallest absolute Gasteiger partial charge is 0.0522 e. The van der Waals surface area contributed by atoms with E-state index in [9.17, 15) is 0 Å². The first kappa shape index (κ1) is 12.0. The molecule has 4 saturated carbocycles. The highest BCUT2D eigenvalue weighted by molar-refractivity contribution is 5.09. The molecule has 1 unspecified atom stereocenters. The molecule has 2 N–H and O–H groups in total. The summed E-state index contributed by atoms with van der Waals surface area (Å²) in [5, 5.41) is 4.27. The Bertz CT molecular complexity index is 436. The molecule has 3 nitrogen and oxygen atoms in total. The molecule has 19 heavy (non-hydrogen) atoms. The lowest BCUT2D eigenvalue weighted by Crippen LogP contribution is -2.52. The second kappa shape index (κ2) is 4.34. The molecular weight excluding hydrogens is 234 g/mol. The van der Waals surface area contributed by atoms with Gasteiger partial charge in [0.15, 0.2) is 0 Å². The molecule has 0 radical (unpaired) electrons. The maximum atomic E-state index is 6.60. The lowest BCUT2D eigenvalue weighted by Gasteiger charge is -2.56. The van der Waals surface area contributed by atoms with E-state index in [1.54, 1.807) is 0 Å². The van der Waals surface area contributed by atoms with E-state index >= 15 is 0 Å². The molecule has 4 aliphatic rings.